The van der Waals surface area contributed by atoms with E-state index >= 15 is 0 Å². The fraction of sp³-hybridized carbons (Fsp3) is 0.438. The highest BCUT2D eigenvalue weighted by Gasteiger charge is 2.50. The summed E-state index contributed by atoms with van der Waals surface area (Å²) in [4.78, 5) is 26.3. The topological polar surface area (TPSA) is 70.4 Å². The monoisotopic (exact) mass is 286 g/mol. The van der Waals surface area contributed by atoms with Crippen molar-refractivity contribution in [2.75, 3.05) is 18.6 Å². The Morgan fingerprint density at radius 3 is 2.62 bits per heavy atom. The van der Waals surface area contributed by atoms with Crippen LogP contribution in [0.2, 0.25) is 0 Å². The average molecular weight is 286 g/mol. The summed E-state index contributed by atoms with van der Waals surface area (Å²) in [5, 5.41) is 8.75. The molecule has 1 atom stereocenters. The minimum Gasteiger partial charge on any atom is -0.497 e. The van der Waals surface area contributed by atoms with E-state index in [1.807, 2.05) is 6.07 Å². The van der Waals surface area contributed by atoms with Gasteiger partial charge in [-0.25, -0.2) is 0 Å². The maximum absolute atomic E-state index is 12.7. The van der Waals surface area contributed by atoms with Gasteiger partial charge in [0.15, 0.2) is 0 Å². The summed E-state index contributed by atoms with van der Waals surface area (Å²) >= 11 is 0. The molecule has 5 nitrogen and oxygen atoms in total. The molecule has 0 radical (unpaired) electrons. The number of nitrogens with zero attached hydrogens (tertiary/aromatic N) is 2. The lowest BCUT2D eigenvalue weighted by Gasteiger charge is -2.24. The van der Waals surface area contributed by atoms with Gasteiger partial charge in [0, 0.05) is 18.7 Å². The number of amides is 1. The fourth-order valence-corrected chi connectivity index (χ4v) is 2.78. The van der Waals surface area contributed by atoms with Crippen molar-refractivity contribution in [2.45, 2.75) is 26.2 Å². The van der Waals surface area contributed by atoms with Crippen molar-refractivity contribution in [3.8, 4) is 11.8 Å². The molecule has 0 aliphatic carbocycles. The van der Waals surface area contributed by atoms with Crippen LogP contribution in [0.3, 0.4) is 0 Å². The van der Waals surface area contributed by atoms with Crippen LogP contribution in [0.15, 0.2) is 24.3 Å². The number of benzene rings is 1. The van der Waals surface area contributed by atoms with Crippen LogP contribution >= 0.6 is 0 Å². The van der Waals surface area contributed by atoms with E-state index in [1.54, 1.807) is 36.3 Å². The zero-order chi connectivity index (χ0) is 15.5. The standard InChI is InChI=1S/C16H18N2O3/c1-12(19)16(8-3-10-17)9-11-18(15(16)20)13-4-6-14(21-2)7-5-13/h4-7H,3,8-9,11H2,1-2H3/t16-/m1/s1. The Labute approximate surface area is 124 Å². The summed E-state index contributed by atoms with van der Waals surface area (Å²) in [5.74, 6) is 0.363. The van der Waals surface area contributed by atoms with Gasteiger partial charge < -0.3 is 9.64 Å². The fourth-order valence-electron chi connectivity index (χ4n) is 2.78. The Morgan fingerprint density at radius 2 is 2.10 bits per heavy atom. The van der Waals surface area contributed by atoms with Crippen LogP contribution in [0.5, 0.6) is 5.75 Å². The third-order valence-electron chi connectivity index (χ3n) is 4.14. The number of carbonyl (C=O) groups excluding carboxylic acids is 2. The Bertz CT molecular complexity index is 589. The summed E-state index contributed by atoms with van der Waals surface area (Å²) < 4.78 is 5.10. The largest absolute Gasteiger partial charge is 0.497 e. The van der Waals surface area contributed by atoms with Crippen LogP contribution in [0, 0.1) is 16.7 Å². The Hall–Kier alpha value is -2.35. The predicted octanol–water partition coefficient (Wildman–Crippen LogP) is 2.31. The van der Waals surface area contributed by atoms with Gasteiger partial charge in [-0.1, -0.05) is 0 Å². The van der Waals surface area contributed by atoms with E-state index in [0.717, 1.165) is 5.69 Å². The Morgan fingerprint density at radius 1 is 1.43 bits per heavy atom. The smallest absolute Gasteiger partial charge is 0.240 e. The van der Waals surface area contributed by atoms with Crippen LogP contribution in [-0.2, 0) is 9.59 Å². The van der Waals surface area contributed by atoms with Gasteiger partial charge in [0.2, 0.25) is 5.91 Å². The van der Waals surface area contributed by atoms with Crippen molar-refractivity contribution in [3.63, 3.8) is 0 Å². The first kappa shape index (κ1) is 15.0. The number of ether oxygens (including phenoxy) is 1. The van der Waals surface area contributed by atoms with E-state index in [9.17, 15) is 9.59 Å². The number of Topliss-reactive ketones (excluding diaryl/α,β-unsaturated/α-hetero) is 1. The zero-order valence-electron chi connectivity index (χ0n) is 12.3. The van der Waals surface area contributed by atoms with Crippen molar-refractivity contribution < 1.29 is 14.3 Å². The number of ketones is 1. The van der Waals surface area contributed by atoms with Crippen molar-refractivity contribution in [1.29, 1.82) is 5.26 Å². The van der Waals surface area contributed by atoms with Crippen LogP contribution in [-0.4, -0.2) is 25.3 Å². The predicted molar refractivity (Wildman–Crippen MR) is 77.9 cm³/mol. The zero-order valence-corrected chi connectivity index (χ0v) is 12.3. The first-order valence-electron chi connectivity index (χ1n) is 6.89. The molecular formula is C16H18N2O3. The molecule has 1 aliphatic heterocycles. The van der Waals surface area contributed by atoms with E-state index in [0.29, 0.717) is 25.1 Å². The Balaban J connectivity index is 2.26. The van der Waals surface area contributed by atoms with E-state index in [2.05, 4.69) is 0 Å². The summed E-state index contributed by atoms with van der Waals surface area (Å²) in [7, 11) is 1.58. The molecule has 110 valence electrons. The first-order chi connectivity index (χ1) is 10.0. The van der Waals surface area contributed by atoms with Gasteiger partial charge >= 0.3 is 0 Å². The van der Waals surface area contributed by atoms with Crippen LogP contribution in [0.25, 0.3) is 0 Å². The van der Waals surface area contributed by atoms with Crippen molar-refractivity contribution in [3.05, 3.63) is 24.3 Å². The van der Waals surface area contributed by atoms with Gasteiger partial charge in [-0.2, -0.15) is 5.26 Å². The molecule has 0 saturated carbocycles. The number of hydrogen-bond acceptors (Lipinski definition) is 4. The summed E-state index contributed by atoms with van der Waals surface area (Å²) in [6.07, 6.45) is 0.973. The quantitative estimate of drug-likeness (QED) is 0.779. The summed E-state index contributed by atoms with van der Waals surface area (Å²) in [5.41, 5.74) is -0.281. The van der Waals surface area contributed by atoms with Crippen LogP contribution in [0.1, 0.15) is 26.2 Å². The first-order valence-corrected chi connectivity index (χ1v) is 6.89. The molecule has 1 aliphatic rings. The van der Waals surface area contributed by atoms with E-state index < -0.39 is 5.41 Å². The van der Waals surface area contributed by atoms with Gasteiger partial charge in [0.05, 0.1) is 13.2 Å². The molecule has 21 heavy (non-hydrogen) atoms. The van der Waals surface area contributed by atoms with E-state index in [-0.39, 0.29) is 18.1 Å². The molecule has 1 aromatic rings. The van der Waals surface area contributed by atoms with E-state index in [1.165, 1.54) is 6.92 Å². The van der Waals surface area contributed by atoms with Crippen LogP contribution in [0.4, 0.5) is 5.69 Å². The second-order valence-electron chi connectivity index (χ2n) is 5.20. The second-order valence-corrected chi connectivity index (χ2v) is 5.20. The lowest BCUT2D eigenvalue weighted by molar-refractivity contribution is -0.137. The molecule has 0 aromatic heterocycles. The number of methoxy groups -OCH3 is 1. The van der Waals surface area contributed by atoms with Gasteiger partial charge in [0.25, 0.3) is 0 Å². The summed E-state index contributed by atoms with van der Waals surface area (Å²) in [6, 6.07) is 9.20. The summed E-state index contributed by atoms with van der Waals surface area (Å²) in [6.45, 7) is 1.93. The maximum atomic E-state index is 12.7. The van der Waals surface area contributed by atoms with Gasteiger partial charge in [0.1, 0.15) is 16.9 Å². The minimum absolute atomic E-state index is 0.154. The van der Waals surface area contributed by atoms with Crippen molar-refractivity contribution in [2.24, 2.45) is 5.41 Å². The molecule has 1 fully saturated rings. The van der Waals surface area contributed by atoms with E-state index in [4.69, 9.17) is 10.00 Å². The Kier molecular flexibility index (Phi) is 4.27. The average Bonchev–Trinajstić information content (AvgIpc) is 2.83. The molecule has 0 spiro atoms. The molecule has 1 saturated heterocycles. The molecule has 0 N–H and O–H groups in total. The number of rotatable bonds is 5. The highest BCUT2D eigenvalue weighted by molar-refractivity contribution is 6.13. The third kappa shape index (κ3) is 2.62. The molecule has 1 aromatic carbocycles. The highest BCUT2D eigenvalue weighted by atomic mass is 16.5. The van der Waals surface area contributed by atoms with Crippen molar-refractivity contribution in [1.82, 2.24) is 0 Å². The number of nitriles is 1. The SMILES string of the molecule is COc1ccc(N2CC[C@](CCC#N)(C(C)=O)C2=O)cc1. The molecular weight excluding hydrogens is 268 g/mol. The van der Waals surface area contributed by atoms with Crippen LogP contribution < -0.4 is 9.64 Å². The van der Waals surface area contributed by atoms with Crippen molar-refractivity contribution >= 4 is 17.4 Å². The molecule has 1 amide bonds. The molecule has 5 heteroatoms. The number of anilines is 1. The maximum Gasteiger partial charge on any atom is 0.240 e. The lowest BCUT2D eigenvalue weighted by Crippen LogP contribution is -2.39. The van der Waals surface area contributed by atoms with Gasteiger partial charge in [-0.05, 0) is 44.0 Å². The third-order valence-corrected chi connectivity index (χ3v) is 4.14. The van der Waals surface area contributed by atoms with Gasteiger partial charge in [-0.15, -0.1) is 0 Å². The number of hydrogen-bond donors (Lipinski definition) is 0. The second kappa shape index (κ2) is 5.96. The number of carbonyl (C=O) groups is 2. The molecule has 1 heterocycles. The highest BCUT2D eigenvalue weighted by Crippen LogP contribution is 2.39. The molecule has 0 bridgehead atoms. The van der Waals surface area contributed by atoms with Gasteiger partial charge in [-0.3, -0.25) is 9.59 Å². The molecule has 0 unspecified atom stereocenters. The lowest BCUT2D eigenvalue weighted by atomic mass is 9.78. The minimum atomic E-state index is -1.03. The molecule has 2 rings (SSSR count). The normalized spacial score (nSPS) is 21.2.